The summed E-state index contributed by atoms with van der Waals surface area (Å²) >= 11 is 0. The number of hydrogen-bond acceptors (Lipinski definition) is 6. The van der Waals surface area contributed by atoms with Crippen LogP contribution in [0, 0.1) is 0 Å². The van der Waals surface area contributed by atoms with Gasteiger partial charge in [0.2, 0.25) is 0 Å². The molecule has 0 aliphatic rings. The minimum Gasteiger partial charge on any atom is -0.492 e. The summed E-state index contributed by atoms with van der Waals surface area (Å²) in [5, 5.41) is 4.35. The molecular formula is C19H15N5O2. The van der Waals surface area contributed by atoms with Gasteiger partial charge in [0, 0.05) is 35.9 Å². The Morgan fingerprint density at radius 2 is 2.04 bits per heavy atom. The van der Waals surface area contributed by atoms with E-state index in [1.165, 1.54) is 12.4 Å². The van der Waals surface area contributed by atoms with E-state index in [2.05, 4.69) is 20.1 Å². The molecule has 4 heterocycles. The Hall–Kier alpha value is -3.61. The summed E-state index contributed by atoms with van der Waals surface area (Å²) in [6.07, 6.45) is 9.73. The predicted octanol–water partition coefficient (Wildman–Crippen LogP) is 2.82. The lowest BCUT2D eigenvalue weighted by atomic mass is 10.1. The van der Waals surface area contributed by atoms with Gasteiger partial charge in [-0.25, -0.2) is 9.50 Å². The number of hydrogen-bond donors (Lipinski definition) is 0. The Balaban J connectivity index is 1.79. The van der Waals surface area contributed by atoms with Gasteiger partial charge in [-0.15, -0.1) is 0 Å². The maximum absolute atomic E-state index is 12.9. The first-order valence-corrected chi connectivity index (χ1v) is 8.13. The second-order valence-electron chi connectivity index (χ2n) is 5.54. The lowest BCUT2D eigenvalue weighted by Gasteiger charge is -2.05. The Kier molecular flexibility index (Phi) is 4.10. The summed E-state index contributed by atoms with van der Waals surface area (Å²) in [4.78, 5) is 25.5. The molecule has 0 unspecified atom stereocenters. The van der Waals surface area contributed by atoms with Gasteiger partial charge in [0.15, 0.2) is 11.4 Å². The smallest absolute Gasteiger partial charge is 0.200 e. The van der Waals surface area contributed by atoms with E-state index in [1.54, 1.807) is 35.4 Å². The van der Waals surface area contributed by atoms with Crippen molar-refractivity contribution in [2.75, 3.05) is 6.61 Å². The number of aromatic nitrogens is 5. The Morgan fingerprint density at radius 1 is 1.12 bits per heavy atom. The van der Waals surface area contributed by atoms with Crippen LogP contribution in [-0.4, -0.2) is 37.0 Å². The first kappa shape index (κ1) is 15.9. The van der Waals surface area contributed by atoms with Gasteiger partial charge in [-0.2, -0.15) is 5.10 Å². The lowest BCUT2D eigenvalue weighted by Crippen LogP contribution is -2.04. The molecule has 128 valence electrons. The monoisotopic (exact) mass is 345 g/mol. The van der Waals surface area contributed by atoms with Crippen molar-refractivity contribution in [2.24, 2.45) is 0 Å². The van der Waals surface area contributed by atoms with Crippen LogP contribution in [-0.2, 0) is 0 Å². The minimum atomic E-state index is -0.204. The number of nitrogens with zero attached hydrogens (tertiary/aromatic N) is 5. The molecule has 4 aromatic heterocycles. The van der Waals surface area contributed by atoms with Gasteiger partial charge in [0.25, 0.3) is 0 Å². The largest absolute Gasteiger partial charge is 0.492 e. The molecule has 0 aliphatic heterocycles. The zero-order chi connectivity index (χ0) is 17.9. The van der Waals surface area contributed by atoms with Gasteiger partial charge < -0.3 is 4.74 Å². The Bertz CT molecular complexity index is 1080. The third-order valence-corrected chi connectivity index (χ3v) is 3.89. The number of carbonyl (C=O) groups is 1. The Morgan fingerprint density at radius 3 is 2.85 bits per heavy atom. The van der Waals surface area contributed by atoms with Crippen molar-refractivity contribution in [1.82, 2.24) is 24.6 Å². The molecule has 4 rings (SSSR count). The van der Waals surface area contributed by atoms with Crippen LogP contribution in [0.1, 0.15) is 22.8 Å². The minimum absolute atomic E-state index is 0.204. The molecule has 7 heteroatoms. The summed E-state index contributed by atoms with van der Waals surface area (Å²) < 4.78 is 7.06. The summed E-state index contributed by atoms with van der Waals surface area (Å²) in [6, 6.07) is 7.29. The summed E-state index contributed by atoms with van der Waals surface area (Å²) in [5.74, 6) is 0.351. The van der Waals surface area contributed by atoms with Crippen LogP contribution < -0.4 is 4.74 Å². The van der Waals surface area contributed by atoms with Crippen molar-refractivity contribution in [3.8, 4) is 17.0 Å². The van der Waals surface area contributed by atoms with Gasteiger partial charge >= 0.3 is 0 Å². The third kappa shape index (κ3) is 2.79. The van der Waals surface area contributed by atoms with Crippen molar-refractivity contribution in [1.29, 1.82) is 0 Å². The van der Waals surface area contributed by atoms with E-state index in [0.29, 0.717) is 29.1 Å². The van der Waals surface area contributed by atoms with Crippen molar-refractivity contribution < 1.29 is 9.53 Å². The molecule has 0 aliphatic carbocycles. The molecule has 0 atom stereocenters. The number of pyridine rings is 2. The van der Waals surface area contributed by atoms with Gasteiger partial charge in [0.1, 0.15) is 5.75 Å². The standard InChI is InChI=1S/C19H15N5O2/c1-2-26-15-8-14(10-21-11-15)18(25)16-12-23-24-17(5-7-22-19(16)24)13-4-3-6-20-9-13/h3-12H,2H2,1H3. The van der Waals surface area contributed by atoms with Gasteiger partial charge in [-0.3, -0.25) is 14.8 Å². The lowest BCUT2D eigenvalue weighted by molar-refractivity contribution is 0.103. The molecule has 0 bridgehead atoms. The topological polar surface area (TPSA) is 82.3 Å². The highest BCUT2D eigenvalue weighted by Crippen LogP contribution is 2.22. The van der Waals surface area contributed by atoms with E-state index in [1.807, 2.05) is 25.1 Å². The fourth-order valence-corrected chi connectivity index (χ4v) is 2.73. The molecule has 26 heavy (non-hydrogen) atoms. The molecule has 0 saturated heterocycles. The molecule has 0 radical (unpaired) electrons. The van der Waals surface area contributed by atoms with E-state index < -0.39 is 0 Å². The number of fused-ring (bicyclic) bond motifs is 1. The van der Waals surface area contributed by atoms with Crippen molar-refractivity contribution in [2.45, 2.75) is 6.92 Å². The first-order chi connectivity index (χ1) is 12.8. The number of ether oxygens (including phenoxy) is 1. The number of carbonyl (C=O) groups excluding carboxylic acids is 1. The zero-order valence-corrected chi connectivity index (χ0v) is 14.0. The maximum Gasteiger partial charge on any atom is 0.200 e. The van der Waals surface area contributed by atoms with Gasteiger partial charge in [-0.05, 0) is 31.2 Å². The summed E-state index contributed by atoms with van der Waals surface area (Å²) in [6.45, 7) is 2.38. The molecule has 0 fully saturated rings. The van der Waals surface area contributed by atoms with E-state index in [4.69, 9.17) is 4.74 Å². The molecule has 0 spiro atoms. The van der Waals surface area contributed by atoms with Crippen molar-refractivity contribution in [3.63, 3.8) is 0 Å². The number of rotatable bonds is 5. The van der Waals surface area contributed by atoms with Crippen molar-refractivity contribution >= 4 is 11.4 Å². The average molecular weight is 345 g/mol. The fourth-order valence-electron chi connectivity index (χ4n) is 2.73. The summed E-state index contributed by atoms with van der Waals surface area (Å²) in [5.41, 5.74) is 3.02. The average Bonchev–Trinajstić information content (AvgIpc) is 3.13. The van der Waals surface area contributed by atoms with Crippen LogP contribution in [0.15, 0.2) is 61.4 Å². The molecule has 0 saturated carbocycles. The second-order valence-corrected chi connectivity index (χ2v) is 5.54. The van der Waals surface area contributed by atoms with Crippen LogP contribution >= 0.6 is 0 Å². The fraction of sp³-hybridized carbons (Fsp3) is 0.105. The molecular weight excluding hydrogens is 330 g/mol. The SMILES string of the molecule is CCOc1cncc(C(=O)c2cnn3c(-c4cccnc4)ccnc23)c1. The molecule has 4 aromatic rings. The highest BCUT2D eigenvalue weighted by atomic mass is 16.5. The molecule has 0 N–H and O–H groups in total. The number of ketones is 1. The van der Waals surface area contributed by atoms with E-state index in [-0.39, 0.29) is 5.78 Å². The van der Waals surface area contributed by atoms with Crippen LogP contribution in [0.3, 0.4) is 0 Å². The van der Waals surface area contributed by atoms with E-state index in [0.717, 1.165) is 11.3 Å². The normalized spacial score (nSPS) is 10.8. The Labute approximate surface area is 149 Å². The molecule has 7 nitrogen and oxygen atoms in total. The third-order valence-electron chi connectivity index (χ3n) is 3.89. The van der Waals surface area contributed by atoms with Crippen LogP contribution in [0.5, 0.6) is 5.75 Å². The van der Waals surface area contributed by atoms with Crippen LogP contribution in [0.25, 0.3) is 16.9 Å². The highest BCUT2D eigenvalue weighted by Gasteiger charge is 2.18. The first-order valence-electron chi connectivity index (χ1n) is 8.13. The van der Waals surface area contributed by atoms with Crippen molar-refractivity contribution in [3.05, 3.63) is 72.6 Å². The zero-order valence-electron chi connectivity index (χ0n) is 14.0. The van der Waals surface area contributed by atoms with Crippen LogP contribution in [0.4, 0.5) is 0 Å². The molecule has 0 aromatic carbocycles. The highest BCUT2D eigenvalue weighted by molar-refractivity contribution is 6.12. The van der Waals surface area contributed by atoms with Gasteiger partial charge in [0.05, 0.1) is 30.3 Å². The predicted molar refractivity (Wildman–Crippen MR) is 95.1 cm³/mol. The summed E-state index contributed by atoms with van der Waals surface area (Å²) in [7, 11) is 0. The second kappa shape index (κ2) is 6.72. The molecule has 0 amide bonds. The quantitative estimate of drug-likeness (QED) is 0.517. The van der Waals surface area contributed by atoms with E-state index in [9.17, 15) is 4.79 Å². The van der Waals surface area contributed by atoms with E-state index >= 15 is 0 Å². The van der Waals surface area contributed by atoms with Gasteiger partial charge in [-0.1, -0.05) is 0 Å². The van der Waals surface area contributed by atoms with Crippen LogP contribution in [0.2, 0.25) is 0 Å². The maximum atomic E-state index is 12.9.